The van der Waals surface area contributed by atoms with E-state index in [9.17, 15) is 9.59 Å². The fraction of sp³-hybridized carbons (Fsp3) is 0.250. The zero-order chi connectivity index (χ0) is 23.3. The molecule has 0 N–H and O–H groups in total. The lowest BCUT2D eigenvalue weighted by atomic mass is 9.97. The fourth-order valence-electron chi connectivity index (χ4n) is 4.59. The van der Waals surface area contributed by atoms with Gasteiger partial charge in [-0.15, -0.1) is 0 Å². The Balaban J connectivity index is 1.67. The van der Waals surface area contributed by atoms with Crippen molar-refractivity contribution >= 4 is 27.7 Å². The van der Waals surface area contributed by atoms with E-state index in [2.05, 4.69) is 23.2 Å². The summed E-state index contributed by atoms with van der Waals surface area (Å²) >= 11 is 0. The molecule has 33 heavy (non-hydrogen) atoms. The highest BCUT2D eigenvalue weighted by Gasteiger charge is 2.23. The van der Waals surface area contributed by atoms with Crippen molar-refractivity contribution in [2.45, 2.75) is 40.7 Å². The van der Waals surface area contributed by atoms with Crippen LogP contribution in [0.4, 0.5) is 0 Å². The van der Waals surface area contributed by atoms with E-state index in [1.54, 1.807) is 10.6 Å². The maximum atomic E-state index is 13.1. The molecule has 2 aromatic carbocycles. The molecule has 2 aromatic heterocycles. The molecule has 1 amide bonds. The summed E-state index contributed by atoms with van der Waals surface area (Å²) in [5.74, 6) is 0.0842. The number of pyridine rings is 2. The number of hydrogen-bond acceptors (Lipinski definition) is 3. The molecule has 0 bridgehead atoms. The van der Waals surface area contributed by atoms with Crippen LogP contribution in [-0.2, 0) is 17.8 Å². The smallest absolute Gasteiger partial charge is 0.255 e. The molecule has 5 rings (SSSR count). The molecule has 1 aliphatic rings. The van der Waals surface area contributed by atoms with E-state index in [1.165, 1.54) is 5.56 Å². The van der Waals surface area contributed by atoms with Gasteiger partial charge in [0.25, 0.3) is 5.56 Å². The zero-order valence-corrected chi connectivity index (χ0v) is 19.5. The van der Waals surface area contributed by atoms with Crippen LogP contribution in [0.5, 0.6) is 0 Å². The molecule has 3 heterocycles. The quantitative estimate of drug-likeness (QED) is 0.324. The Morgan fingerprint density at radius 1 is 0.970 bits per heavy atom. The maximum Gasteiger partial charge on any atom is 0.255 e. The summed E-state index contributed by atoms with van der Waals surface area (Å²) in [6.07, 6.45) is 2.64. The summed E-state index contributed by atoms with van der Waals surface area (Å²) in [5.41, 5.74) is 7.73. The van der Waals surface area contributed by atoms with Gasteiger partial charge in [-0.05, 0) is 75.6 Å². The predicted octanol–water partition coefficient (Wildman–Crippen LogP) is 5.09. The Morgan fingerprint density at radius 3 is 2.58 bits per heavy atom. The minimum absolute atomic E-state index is 0.0828. The van der Waals surface area contributed by atoms with Crippen molar-refractivity contribution in [1.82, 2.24) is 14.5 Å². The van der Waals surface area contributed by atoms with E-state index in [0.717, 1.165) is 56.2 Å². The van der Waals surface area contributed by atoms with E-state index in [1.807, 2.05) is 63.1 Å². The summed E-state index contributed by atoms with van der Waals surface area (Å²) in [6.45, 7) is 9.13. The Labute approximate surface area is 193 Å². The van der Waals surface area contributed by atoms with Crippen LogP contribution >= 0.6 is 0 Å². The molecule has 5 nitrogen and oxygen atoms in total. The van der Waals surface area contributed by atoms with Crippen molar-refractivity contribution in [2.75, 3.05) is 6.54 Å². The van der Waals surface area contributed by atoms with Crippen molar-refractivity contribution in [3.8, 4) is 5.69 Å². The minimum Gasteiger partial charge on any atom is -0.334 e. The third-order valence-electron chi connectivity index (χ3n) is 6.69. The van der Waals surface area contributed by atoms with E-state index >= 15 is 0 Å². The van der Waals surface area contributed by atoms with Gasteiger partial charge in [0, 0.05) is 47.4 Å². The number of fused-ring (bicyclic) bond motifs is 4. The number of rotatable bonds is 2. The first kappa shape index (κ1) is 21.1. The molecule has 0 spiro atoms. The van der Waals surface area contributed by atoms with Crippen LogP contribution in [-0.4, -0.2) is 26.9 Å². The fourth-order valence-corrected chi connectivity index (χ4v) is 4.59. The monoisotopic (exact) mass is 437 g/mol. The lowest BCUT2D eigenvalue weighted by Gasteiger charge is -2.30. The standard InChI is InChI=1S/C28H27N3O2/c1-17(2)19(4)28(33)30-12-11-20-6-8-23(14-22(20)16-30)31-26(32)10-7-21-15-29-25-9-5-18(3)13-24(25)27(21)31/h5-10,13-15H,11-12,16H2,1-4H3. The topological polar surface area (TPSA) is 55.2 Å². The average Bonchev–Trinajstić information content (AvgIpc) is 2.82. The zero-order valence-electron chi connectivity index (χ0n) is 19.5. The van der Waals surface area contributed by atoms with Crippen LogP contribution in [0, 0.1) is 6.92 Å². The first-order chi connectivity index (χ1) is 15.8. The highest BCUT2D eigenvalue weighted by Crippen LogP contribution is 2.28. The molecule has 0 fully saturated rings. The lowest BCUT2D eigenvalue weighted by Crippen LogP contribution is -2.36. The summed E-state index contributed by atoms with van der Waals surface area (Å²) < 4.78 is 1.78. The number of benzene rings is 2. The molecule has 0 saturated carbocycles. The number of carbonyl (C=O) groups excluding carboxylic acids is 1. The largest absolute Gasteiger partial charge is 0.334 e. The molecule has 0 radical (unpaired) electrons. The van der Waals surface area contributed by atoms with Crippen molar-refractivity contribution < 1.29 is 4.79 Å². The number of amides is 1. The van der Waals surface area contributed by atoms with Crippen LogP contribution < -0.4 is 5.56 Å². The number of nitrogens with zero attached hydrogens (tertiary/aromatic N) is 3. The molecule has 5 heteroatoms. The molecule has 0 aliphatic carbocycles. The number of carbonyl (C=O) groups is 1. The molecule has 0 unspecified atom stereocenters. The summed E-state index contributed by atoms with van der Waals surface area (Å²) in [7, 11) is 0. The second-order valence-corrected chi connectivity index (χ2v) is 9.14. The van der Waals surface area contributed by atoms with Gasteiger partial charge in [-0.1, -0.05) is 23.3 Å². The van der Waals surface area contributed by atoms with Crippen molar-refractivity contribution in [3.63, 3.8) is 0 Å². The second-order valence-electron chi connectivity index (χ2n) is 9.14. The van der Waals surface area contributed by atoms with Gasteiger partial charge in [0.05, 0.1) is 11.0 Å². The van der Waals surface area contributed by atoms with Gasteiger partial charge in [0.1, 0.15) is 0 Å². The summed E-state index contributed by atoms with van der Waals surface area (Å²) in [4.78, 5) is 32.5. The number of allylic oxidation sites excluding steroid dienone is 1. The lowest BCUT2D eigenvalue weighted by molar-refractivity contribution is -0.128. The highest BCUT2D eigenvalue weighted by atomic mass is 16.2. The third-order valence-corrected chi connectivity index (χ3v) is 6.69. The molecule has 0 saturated heterocycles. The van der Waals surface area contributed by atoms with Gasteiger partial charge >= 0.3 is 0 Å². The van der Waals surface area contributed by atoms with E-state index < -0.39 is 0 Å². The minimum atomic E-state index is -0.0828. The van der Waals surface area contributed by atoms with E-state index in [0.29, 0.717) is 13.1 Å². The SMILES string of the molecule is CC(C)=C(C)C(=O)N1CCc2ccc(-n3c(=O)ccc4cnc5ccc(C)cc5c43)cc2C1. The van der Waals surface area contributed by atoms with Crippen LogP contribution in [0.2, 0.25) is 0 Å². The van der Waals surface area contributed by atoms with Crippen molar-refractivity contribution in [2.24, 2.45) is 0 Å². The van der Waals surface area contributed by atoms with Crippen molar-refractivity contribution in [3.05, 3.63) is 92.9 Å². The first-order valence-corrected chi connectivity index (χ1v) is 11.3. The van der Waals surface area contributed by atoms with Gasteiger partial charge in [-0.25, -0.2) is 0 Å². The van der Waals surface area contributed by atoms with Gasteiger partial charge in [-0.3, -0.25) is 19.1 Å². The number of aromatic nitrogens is 2. The Hall–Kier alpha value is -3.73. The van der Waals surface area contributed by atoms with Crippen molar-refractivity contribution in [1.29, 1.82) is 0 Å². The second kappa shape index (κ2) is 8.00. The third kappa shape index (κ3) is 3.63. The number of aryl methyl sites for hydroxylation is 1. The summed E-state index contributed by atoms with van der Waals surface area (Å²) in [6, 6.07) is 15.7. The van der Waals surface area contributed by atoms with Gasteiger partial charge < -0.3 is 4.90 Å². The normalized spacial score (nSPS) is 13.3. The Morgan fingerprint density at radius 2 is 1.79 bits per heavy atom. The molecular weight excluding hydrogens is 410 g/mol. The van der Waals surface area contributed by atoms with E-state index in [-0.39, 0.29) is 11.5 Å². The highest BCUT2D eigenvalue weighted by molar-refractivity contribution is 6.04. The molecule has 4 aromatic rings. The van der Waals surface area contributed by atoms with Crippen LogP contribution in [0.1, 0.15) is 37.5 Å². The van der Waals surface area contributed by atoms with Gasteiger partial charge in [0.2, 0.25) is 5.91 Å². The Kier molecular flexibility index (Phi) is 5.12. The van der Waals surface area contributed by atoms with E-state index in [4.69, 9.17) is 0 Å². The predicted molar refractivity (Wildman–Crippen MR) is 133 cm³/mol. The Bertz CT molecular complexity index is 1520. The summed E-state index contributed by atoms with van der Waals surface area (Å²) in [5, 5.41) is 1.88. The molecule has 1 aliphatic heterocycles. The number of hydrogen-bond donors (Lipinski definition) is 0. The average molecular weight is 438 g/mol. The van der Waals surface area contributed by atoms with Gasteiger partial charge in [0.15, 0.2) is 0 Å². The van der Waals surface area contributed by atoms with Crippen LogP contribution in [0.15, 0.2) is 70.7 Å². The van der Waals surface area contributed by atoms with Crippen LogP contribution in [0.3, 0.4) is 0 Å². The molecule has 166 valence electrons. The molecular formula is C28H27N3O2. The maximum absolute atomic E-state index is 13.1. The first-order valence-electron chi connectivity index (χ1n) is 11.3. The molecule has 0 atom stereocenters. The van der Waals surface area contributed by atoms with Crippen LogP contribution in [0.25, 0.3) is 27.5 Å². The van der Waals surface area contributed by atoms with Gasteiger partial charge in [-0.2, -0.15) is 0 Å².